The quantitative estimate of drug-likeness (QED) is 0.794. The number of nitrogens with one attached hydrogen (secondary N) is 1. The Hall–Kier alpha value is -3.13. The van der Waals surface area contributed by atoms with E-state index in [9.17, 15) is 14.4 Å². The van der Waals surface area contributed by atoms with Crippen LogP contribution in [0.4, 0.5) is 4.79 Å². The van der Waals surface area contributed by atoms with Crippen LogP contribution in [0.25, 0.3) is 0 Å². The molecule has 4 amide bonds. The lowest BCUT2D eigenvalue weighted by Crippen LogP contribution is -2.45. The molecule has 0 spiro atoms. The lowest BCUT2D eigenvalue weighted by molar-refractivity contribution is -0.141. The lowest BCUT2D eigenvalue weighted by atomic mass is 10.1. The SMILES string of the molecule is O=C(C[C@@H]1NC(=O)N(Cc2ccco2)C1=O)N1CCO[C@H](c2ccccc2)C1. The Morgan fingerprint density at radius 1 is 1.14 bits per heavy atom. The molecule has 2 fully saturated rings. The van der Waals surface area contributed by atoms with Gasteiger partial charge in [0.2, 0.25) is 5.91 Å². The molecule has 8 nitrogen and oxygen atoms in total. The van der Waals surface area contributed by atoms with Gasteiger partial charge in [-0.2, -0.15) is 0 Å². The summed E-state index contributed by atoms with van der Waals surface area (Å²) in [6.45, 7) is 1.37. The van der Waals surface area contributed by atoms with Crippen molar-refractivity contribution in [2.24, 2.45) is 0 Å². The largest absolute Gasteiger partial charge is 0.467 e. The molecule has 2 atom stereocenters. The van der Waals surface area contributed by atoms with Gasteiger partial charge in [-0.1, -0.05) is 30.3 Å². The predicted octanol–water partition coefficient (Wildman–Crippen LogP) is 1.69. The predicted molar refractivity (Wildman–Crippen MR) is 97.9 cm³/mol. The molecule has 28 heavy (non-hydrogen) atoms. The number of amides is 4. The van der Waals surface area contributed by atoms with Gasteiger partial charge in [0.15, 0.2) is 0 Å². The second-order valence-electron chi connectivity index (χ2n) is 6.82. The Kier molecular flexibility index (Phi) is 5.12. The molecule has 0 radical (unpaired) electrons. The van der Waals surface area contributed by atoms with E-state index < -0.39 is 18.0 Å². The van der Waals surface area contributed by atoms with Crippen molar-refractivity contribution in [3.05, 3.63) is 60.1 Å². The number of hydrogen-bond donors (Lipinski definition) is 1. The number of imide groups is 1. The summed E-state index contributed by atoms with van der Waals surface area (Å²) in [5, 5.41) is 2.60. The molecule has 2 aromatic rings. The molecule has 2 saturated heterocycles. The minimum atomic E-state index is -0.854. The van der Waals surface area contributed by atoms with Crippen molar-refractivity contribution < 1.29 is 23.5 Å². The molecule has 146 valence electrons. The molecule has 4 rings (SSSR count). The van der Waals surface area contributed by atoms with E-state index in [1.165, 1.54) is 6.26 Å². The zero-order chi connectivity index (χ0) is 19.5. The van der Waals surface area contributed by atoms with Gasteiger partial charge in [-0.05, 0) is 17.7 Å². The van der Waals surface area contributed by atoms with E-state index in [2.05, 4.69) is 5.32 Å². The minimum Gasteiger partial charge on any atom is -0.467 e. The number of hydrogen-bond acceptors (Lipinski definition) is 5. The molecule has 0 bridgehead atoms. The van der Waals surface area contributed by atoms with Crippen LogP contribution in [0.3, 0.4) is 0 Å². The second-order valence-corrected chi connectivity index (χ2v) is 6.82. The zero-order valence-electron chi connectivity index (χ0n) is 15.2. The van der Waals surface area contributed by atoms with E-state index in [1.54, 1.807) is 17.0 Å². The van der Waals surface area contributed by atoms with Crippen molar-refractivity contribution >= 4 is 17.8 Å². The number of ether oxygens (including phenoxy) is 1. The summed E-state index contributed by atoms with van der Waals surface area (Å²) in [6.07, 6.45) is 1.22. The number of urea groups is 1. The summed E-state index contributed by atoms with van der Waals surface area (Å²) in [7, 11) is 0. The van der Waals surface area contributed by atoms with Crippen LogP contribution >= 0.6 is 0 Å². The number of carbonyl (C=O) groups is 3. The van der Waals surface area contributed by atoms with Crippen molar-refractivity contribution in [3.63, 3.8) is 0 Å². The lowest BCUT2D eigenvalue weighted by Gasteiger charge is -2.33. The van der Waals surface area contributed by atoms with Gasteiger partial charge >= 0.3 is 6.03 Å². The molecule has 1 aromatic heterocycles. The number of benzene rings is 1. The van der Waals surface area contributed by atoms with Gasteiger partial charge in [-0.3, -0.25) is 14.5 Å². The summed E-state index contributed by atoms with van der Waals surface area (Å²) in [5.74, 6) is -0.0836. The van der Waals surface area contributed by atoms with Gasteiger partial charge in [0.1, 0.15) is 17.9 Å². The maximum Gasteiger partial charge on any atom is 0.325 e. The monoisotopic (exact) mass is 383 g/mol. The van der Waals surface area contributed by atoms with Crippen LogP contribution in [0.15, 0.2) is 53.1 Å². The number of furan rings is 1. The summed E-state index contributed by atoms with van der Waals surface area (Å²) in [4.78, 5) is 40.2. The number of nitrogens with zero attached hydrogens (tertiary/aromatic N) is 2. The molecule has 1 N–H and O–H groups in total. The second kappa shape index (κ2) is 7.85. The molecule has 0 aliphatic carbocycles. The first-order valence-electron chi connectivity index (χ1n) is 9.20. The molecule has 8 heteroatoms. The first-order valence-corrected chi connectivity index (χ1v) is 9.20. The van der Waals surface area contributed by atoms with Gasteiger partial charge in [-0.25, -0.2) is 4.79 Å². The van der Waals surface area contributed by atoms with Crippen LogP contribution < -0.4 is 5.32 Å². The van der Waals surface area contributed by atoms with Gasteiger partial charge in [-0.15, -0.1) is 0 Å². The molecular formula is C20H21N3O5. The van der Waals surface area contributed by atoms with Crippen molar-refractivity contribution in [2.45, 2.75) is 25.1 Å². The number of rotatable bonds is 5. The van der Waals surface area contributed by atoms with Crippen molar-refractivity contribution in [3.8, 4) is 0 Å². The van der Waals surface area contributed by atoms with E-state index in [0.717, 1.165) is 10.5 Å². The highest BCUT2D eigenvalue weighted by Crippen LogP contribution is 2.23. The molecule has 2 aliphatic rings. The minimum absolute atomic E-state index is 0.0516. The van der Waals surface area contributed by atoms with Crippen LogP contribution in [-0.2, 0) is 20.9 Å². The van der Waals surface area contributed by atoms with E-state index in [0.29, 0.717) is 25.5 Å². The summed E-state index contributed by atoms with van der Waals surface area (Å²) in [6, 6.07) is 11.7. The van der Waals surface area contributed by atoms with Crippen molar-refractivity contribution in [1.29, 1.82) is 0 Å². The summed E-state index contributed by atoms with van der Waals surface area (Å²) >= 11 is 0. The molecule has 0 unspecified atom stereocenters. The van der Waals surface area contributed by atoms with Crippen LogP contribution in [0.1, 0.15) is 23.8 Å². The number of morpholine rings is 1. The normalized spacial score (nSPS) is 22.4. The highest BCUT2D eigenvalue weighted by molar-refractivity contribution is 6.05. The molecule has 3 heterocycles. The first-order chi connectivity index (χ1) is 13.6. The fourth-order valence-electron chi connectivity index (χ4n) is 3.47. The van der Waals surface area contributed by atoms with Crippen LogP contribution in [0, 0.1) is 0 Å². The van der Waals surface area contributed by atoms with Crippen molar-refractivity contribution in [2.75, 3.05) is 19.7 Å². The van der Waals surface area contributed by atoms with Gasteiger partial charge in [0.05, 0.1) is 32.4 Å². The maximum absolute atomic E-state index is 12.7. The standard InChI is InChI=1S/C20H21N3O5/c24-18(22-8-10-28-17(13-22)14-5-2-1-3-6-14)11-16-19(25)23(20(26)21-16)12-15-7-4-9-27-15/h1-7,9,16-17H,8,10-13H2,(H,21,26)/t16-,17-/m0/s1. The summed E-state index contributed by atoms with van der Waals surface area (Å²) < 4.78 is 11.0. The van der Waals surface area contributed by atoms with Crippen molar-refractivity contribution in [1.82, 2.24) is 15.1 Å². The Morgan fingerprint density at radius 2 is 1.96 bits per heavy atom. The van der Waals surface area contributed by atoms with Gasteiger partial charge in [0, 0.05) is 6.54 Å². The van der Waals surface area contributed by atoms with Crippen LogP contribution in [0.5, 0.6) is 0 Å². The third-order valence-electron chi connectivity index (χ3n) is 4.97. The maximum atomic E-state index is 12.7. The number of carbonyl (C=O) groups excluding carboxylic acids is 3. The Morgan fingerprint density at radius 3 is 2.71 bits per heavy atom. The van der Waals surface area contributed by atoms with Gasteiger partial charge in [0.25, 0.3) is 5.91 Å². The topological polar surface area (TPSA) is 92.1 Å². The fourth-order valence-corrected chi connectivity index (χ4v) is 3.47. The van der Waals surface area contributed by atoms with E-state index in [1.807, 2.05) is 30.3 Å². The highest BCUT2D eigenvalue weighted by atomic mass is 16.5. The van der Waals surface area contributed by atoms with E-state index in [-0.39, 0.29) is 25.0 Å². The smallest absolute Gasteiger partial charge is 0.325 e. The van der Waals surface area contributed by atoms with Crippen LogP contribution in [0.2, 0.25) is 0 Å². The Balaban J connectivity index is 1.36. The average Bonchev–Trinajstić information content (AvgIpc) is 3.33. The summed E-state index contributed by atoms with van der Waals surface area (Å²) in [5.41, 5.74) is 1.01. The first kappa shape index (κ1) is 18.2. The Bertz CT molecular complexity index is 852. The molecule has 0 saturated carbocycles. The highest BCUT2D eigenvalue weighted by Gasteiger charge is 2.40. The Labute approximate surface area is 162 Å². The van der Waals surface area contributed by atoms with E-state index >= 15 is 0 Å². The third kappa shape index (κ3) is 3.77. The molecule has 1 aromatic carbocycles. The zero-order valence-corrected chi connectivity index (χ0v) is 15.2. The fraction of sp³-hybridized carbons (Fsp3) is 0.350. The molecular weight excluding hydrogens is 362 g/mol. The average molecular weight is 383 g/mol. The van der Waals surface area contributed by atoms with Crippen LogP contribution in [-0.4, -0.2) is 53.4 Å². The van der Waals surface area contributed by atoms with Gasteiger partial charge < -0.3 is 19.4 Å². The third-order valence-corrected chi connectivity index (χ3v) is 4.97. The van der Waals surface area contributed by atoms with E-state index in [4.69, 9.17) is 9.15 Å². The molecule has 2 aliphatic heterocycles.